The van der Waals surface area contributed by atoms with E-state index >= 15 is 0 Å². The number of benzene rings is 1. The molecule has 3 unspecified atom stereocenters. The number of aliphatic hydroxyl groups is 1. The predicted molar refractivity (Wildman–Crippen MR) is 80.9 cm³/mol. The van der Waals surface area contributed by atoms with Crippen LogP contribution in [0, 0.1) is 0 Å². The number of carbonyl (C=O) groups is 1. The van der Waals surface area contributed by atoms with Gasteiger partial charge in [0.25, 0.3) is 0 Å². The minimum Gasteiger partial charge on any atom is -0.389 e. The van der Waals surface area contributed by atoms with E-state index in [1.54, 1.807) is 0 Å². The van der Waals surface area contributed by atoms with Crippen molar-refractivity contribution in [3.63, 3.8) is 0 Å². The highest BCUT2D eigenvalue weighted by Gasteiger charge is 2.22. The van der Waals surface area contributed by atoms with Crippen LogP contribution in [0.15, 0.2) is 30.3 Å². The number of aliphatic hydroxyl groups excluding tert-OH is 1. The average molecular weight is 292 g/mol. The van der Waals surface area contributed by atoms with Crippen LogP contribution in [0.3, 0.4) is 0 Å². The standard InChI is InChI=1S/C16H24N2O3/c1-12(13-6-3-2-4-7-13)21-11-14(19)10-18-15-8-5-9-17-16(15)20/h2-4,6-7,12,14-15,18-19H,5,8-11H2,1H3,(H,17,20). The molecule has 0 aromatic heterocycles. The highest BCUT2D eigenvalue weighted by molar-refractivity contribution is 5.82. The fourth-order valence-corrected chi connectivity index (χ4v) is 2.38. The van der Waals surface area contributed by atoms with E-state index in [1.807, 2.05) is 37.3 Å². The van der Waals surface area contributed by atoms with Gasteiger partial charge >= 0.3 is 0 Å². The molecule has 0 spiro atoms. The van der Waals surface area contributed by atoms with E-state index < -0.39 is 6.10 Å². The van der Waals surface area contributed by atoms with Crippen molar-refractivity contribution in [2.24, 2.45) is 0 Å². The molecule has 1 heterocycles. The second kappa shape index (κ2) is 8.12. The largest absolute Gasteiger partial charge is 0.389 e. The van der Waals surface area contributed by atoms with Gasteiger partial charge in [-0.25, -0.2) is 0 Å². The summed E-state index contributed by atoms with van der Waals surface area (Å²) in [6.45, 7) is 3.32. The van der Waals surface area contributed by atoms with Crippen molar-refractivity contribution in [2.45, 2.75) is 38.0 Å². The molecular weight excluding hydrogens is 268 g/mol. The zero-order chi connectivity index (χ0) is 15.1. The van der Waals surface area contributed by atoms with Gasteiger partial charge in [-0.3, -0.25) is 4.79 Å². The summed E-state index contributed by atoms with van der Waals surface area (Å²) in [5, 5.41) is 15.8. The van der Waals surface area contributed by atoms with Crippen molar-refractivity contribution in [3.05, 3.63) is 35.9 Å². The summed E-state index contributed by atoms with van der Waals surface area (Å²) >= 11 is 0. The van der Waals surface area contributed by atoms with Crippen LogP contribution in [0.2, 0.25) is 0 Å². The first-order chi connectivity index (χ1) is 10.2. The van der Waals surface area contributed by atoms with Gasteiger partial charge in [0.2, 0.25) is 5.91 Å². The third-order valence-electron chi connectivity index (χ3n) is 3.69. The molecule has 0 aliphatic carbocycles. The van der Waals surface area contributed by atoms with Crippen LogP contribution in [0.1, 0.15) is 31.4 Å². The van der Waals surface area contributed by atoms with Crippen LogP contribution in [-0.2, 0) is 9.53 Å². The molecule has 5 nitrogen and oxygen atoms in total. The van der Waals surface area contributed by atoms with E-state index in [0.717, 1.165) is 24.9 Å². The molecule has 1 saturated heterocycles. The van der Waals surface area contributed by atoms with Gasteiger partial charge in [-0.2, -0.15) is 0 Å². The Hall–Kier alpha value is -1.43. The van der Waals surface area contributed by atoms with Crippen LogP contribution in [0.25, 0.3) is 0 Å². The lowest BCUT2D eigenvalue weighted by molar-refractivity contribution is -0.124. The van der Waals surface area contributed by atoms with Crippen molar-refractivity contribution in [1.29, 1.82) is 0 Å². The van der Waals surface area contributed by atoms with Crippen LogP contribution in [0.4, 0.5) is 0 Å². The van der Waals surface area contributed by atoms with Crippen molar-refractivity contribution in [1.82, 2.24) is 10.6 Å². The van der Waals surface area contributed by atoms with Crippen molar-refractivity contribution < 1.29 is 14.6 Å². The molecule has 5 heteroatoms. The number of hydrogen-bond acceptors (Lipinski definition) is 4. The molecule has 0 bridgehead atoms. The van der Waals surface area contributed by atoms with Gasteiger partial charge in [-0.1, -0.05) is 30.3 Å². The summed E-state index contributed by atoms with van der Waals surface area (Å²) in [6.07, 6.45) is 1.12. The molecule has 3 atom stereocenters. The number of hydrogen-bond donors (Lipinski definition) is 3. The Bertz CT molecular complexity index is 438. The summed E-state index contributed by atoms with van der Waals surface area (Å²) < 4.78 is 5.67. The molecule has 1 aromatic carbocycles. The van der Waals surface area contributed by atoms with Crippen LogP contribution < -0.4 is 10.6 Å². The minimum absolute atomic E-state index is 0.0204. The zero-order valence-electron chi connectivity index (χ0n) is 12.4. The van der Waals surface area contributed by atoms with Gasteiger partial charge in [-0.05, 0) is 25.3 Å². The first-order valence-corrected chi connectivity index (χ1v) is 7.52. The van der Waals surface area contributed by atoms with Crippen molar-refractivity contribution in [2.75, 3.05) is 19.7 Å². The number of carbonyl (C=O) groups excluding carboxylic acids is 1. The normalized spacial score (nSPS) is 21.6. The van der Waals surface area contributed by atoms with E-state index in [2.05, 4.69) is 10.6 Å². The Balaban J connectivity index is 1.67. The Morgan fingerprint density at radius 1 is 1.43 bits per heavy atom. The van der Waals surface area contributed by atoms with Gasteiger partial charge in [0, 0.05) is 13.1 Å². The molecule has 2 rings (SSSR count). The summed E-state index contributed by atoms with van der Waals surface area (Å²) in [5.41, 5.74) is 1.09. The van der Waals surface area contributed by atoms with Crippen LogP contribution >= 0.6 is 0 Å². The number of nitrogens with one attached hydrogen (secondary N) is 2. The first-order valence-electron chi connectivity index (χ1n) is 7.52. The Morgan fingerprint density at radius 2 is 2.19 bits per heavy atom. The predicted octanol–water partition coefficient (Wildman–Crippen LogP) is 0.993. The first kappa shape index (κ1) is 15.9. The number of rotatable bonds is 7. The molecule has 3 N–H and O–H groups in total. The summed E-state index contributed by atoms with van der Waals surface area (Å²) in [7, 11) is 0. The summed E-state index contributed by atoms with van der Waals surface area (Å²) in [4.78, 5) is 11.6. The number of piperidine rings is 1. The lowest BCUT2D eigenvalue weighted by Gasteiger charge is -2.24. The summed E-state index contributed by atoms with van der Waals surface area (Å²) in [6, 6.07) is 9.71. The quantitative estimate of drug-likeness (QED) is 0.701. The van der Waals surface area contributed by atoms with Gasteiger partial charge in [-0.15, -0.1) is 0 Å². The molecule has 116 valence electrons. The highest BCUT2D eigenvalue weighted by atomic mass is 16.5. The van der Waals surface area contributed by atoms with Crippen LogP contribution in [-0.4, -0.2) is 42.9 Å². The third kappa shape index (κ3) is 5.12. The number of ether oxygens (including phenoxy) is 1. The van der Waals surface area contributed by atoms with Gasteiger partial charge < -0.3 is 20.5 Å². The zero-order valence-corrected chi connectivity index (χ0v) is 12.4. The smallest absolute Gasteiger partial charge is 0.237 e. The van der Waals surface area contributed by atoms with Crippen LogP contribution in [0.5, 0.6) is 0 Å². The van der Waals surface area contributed by atoms with Gasteiger partial charge in [0.15, 0.2) is 0 Å². The average Bonchev–Trinajstić information content (AvgIpc) is 2.52. The SMILES string of the molecule is CC(OCC(O)CNC1CCCNC1=O)c1ccccc1. The van der Waals surface area contributed by atoms with E-state index in [0.29, 0.717) is 6.54 Å². The molecule has 21 heavy (non-hydrogen) atoms. The minimum atomic E-state index is -0.620. The number of amides is 1. The molecule has 0 radical (unpaired) electrons. The molecular formula is C16H24N2O3. The van der Waals surface area contributed by atoms with Crippen molar-refractivity contribution in [3.8, 4) is 0 Å². The topological polar surface area (TPSA) is 70.6 Å². The molecule has 1 aliphatic heterocycles. The van der Waals surface area contributed by atoms with E-state index in [4.69, 9.17) is 4.74 Å². The second-order valence-electron chi connectivity index (χ2n) is 5.43. The molecule has 1 aliphatic rings. The monoisotopic (exact) mass is 292 g/mol. The van der Waals surface area contributed by atoms with E-state index in [9.17, 15) is 9.90 Å². The fraction of sp³-hybridized carbons (Fsp3) is 0.562. The molecule has 0 saturated carbocycles. The van der Waals surface area contributed by atoms with E-state index in [1.165, 1.54) is 0 Å². The Labute approximate surface area is 125 Å². The fourth-order valence-electron chi connectivity index (χ4n) is 2.38. The highest BCUT2D eigenvalue weighted by Crippen LogP contribution is 2.15. The third-order valence-corrected chi connectivity index (χ3v) is 3.69. The molecule has 1 fully saturated rings. The Kier molecular flexibility index (Phi) is 6.17. The van der Waals surface area contributed by atoms with E-state index in [-0.39, 0.29) is 24.7 Å². The maximum absolute atomic E-state index is 11.6. The molecule has 1 amide bonds. The maximum atomic E-state index is 11.6. The lowest BCUT2D eigenvalue weighted by atomic mass is 10.1. The Morgan fingerprint density at radius 3 is 2.90 bits per heavy atom. The summed E-state index contributed by atoms with van der Waals surface area (Å²) in [5.74, 6) is 0.0204. The maximum Gasteiger partial charge on any atom is 0.237 e. The second-order valence-corrected chi connectivity index (χ2v) is 5.43. The van der Waals surface area contributed by atoms with Crippen molar-refractivity contribution >= 4 is 5.91 Å². The molecule has 1 aromatic rings. The van der Waals surface area contributed by atoms with Gasteiger partial charge in [0.1, 0.15) is 0 Å². The van der Waals surface area contributed by atoms with Gasteiger partial charge in [0.05, 0.1) is 24.9 Å². The lowest BCUT2D eigenvalue weighted by Crippen LogP contribution is -2.50.